The first-order valence-corrected chi connectivity index (χ1v) is 6.98. The number of ether oxygens (including phenoxy) is 1. The topological polar surface area (TPSA) is 74.8 Å². The zero-order valence-electron chi connectivity index (χ0n) is 11.9. The van der Waals surface area contributed by atoms with Crippen molar-refractivity contribution < 1.29 is 14.3 Å². The number of hydrogen-bond acceptors (Lipinski definition) is 4. The van der Waals surface area contributed by atoms with Crippen molar-refractivity contribution in [2.75, 3.05) is 13.2 Å². The standard InChI is InChI=1S/C16H15N3O3/c20-15(11-22-16(21)14-7-4-9-17-14)19-10-8-13(18-19)12-5-2-1-3-6-12/h1-7,9,17H,8,10-11H2. The Kier molecular flexibility index (Phi) is 4.00. The monoisotopic (exact) mass is 297 g/mol. The summed E-state index contributed by atoms with van der Waals surface area (Å²) >= 11 is 0. The molecule has 1 aromatic heterocycles. The van der Waals surface area contributed by atoms with E-state index in [0.717, 1.165) is 11.3 Å². The second-order valence-corrected chi connectivity index (χ2v) is 4.84. The predicted octanol–water partition coefficient (Wildman–Crippen LogP) is 1.81. The smallest absolute Gasteiger partial charge is 0.355 e. The number of benzene rings is 1. The highest BCUT2D eigenvalue weighted by Crippen LogP contribution is 2.13. The summed E-state index contributed by atoms with van der Waals surface area (Å²) in [6.07, 6.45) is 2.32. The van der Waals surface area contributed by atoms with Crippen molar-refractivity contribution in [3.63, 3.8) is 0 Å². The van der Waals surface area contributed by atoms with Gasteiger partial charge in [-0.05, 0) is 17.7 Å². The van der Waals surface area contributed by atoms with Crippen molar-refractivity contribution in [2.45, 2.75) is 6.42 Å². The zero-order chi connectivity index (χ0) is 15.4. The van der Waals surface area contributed by atoms with Crippen LogP contribution in [0.1, 0.15) is 22.5 Å². The highest BCUT2D eigenvalue weighted by atomic mass is 16.5. The van der Waals surface area contributed by atoms with E-state index in [9.17, 15) is 9.59 Å². The number of nitrogens with one attached hydrogen (secondary N) is 1. The van der Waals surface area contributed by atoms with Gasteiger partial charge in [0.15, 0.2) is 6.61 Å². The molecule has 0 unspecified atom stereocenters. The van der Waals surface area contributed by atoms with Crippen molar-refractivity contribution in [1.29, 1.82) is 0 Å². The van der Waals surface area contributed by atoms with E-state index in [1.54, 1.807) is 18.3 Å². The second-order valence-electron chi connectivity index (χ2n) is 4.84. The highest BCUT2D eigenvalue weighted by Gasteiger charge is 2.22. The molecule has 2 heterocycles. The molecule has 0 fully saturated rings. The van der Waals surface area contributed by atoms with Gasteiger partial charge >= 0.3 is 5.97 Å². The lowest BCUT2D eigenvalue weighted by atomic mass is 10.1. The van der Waals surface area contributed by atoms with Crippen LogP contribution in [0.2, 0.25) is 0 Å². The molecule has 1 aromatic carbocycles. The number of nitrogens with zero attached hydrogens (tertiary/aromatic N) is 2. The van der Waals surface area contributed by atoms with Crippen LogP contribution >= 0.6 is 0 Å². The summed E-state index contributed by atoms with van der Waals surface area (Å²) in [6, 6.07) is 13.0. The Labute approximate surface area is 127 Å². The van der Waals surface area contributed by atoms with Gasteiger partial charge in [0.1, 0.15) is 5.69 Å². The number of rotatable bonds is 4. The number of aromatic nitrogens is 1. The Hall–Kier alpha value is -2.89. The van der Waals surface area contributed by atoms with E-state index in [1.165, 1.54) is 5.01 Å². The van der Waals surface area contributed by atoms with Crippen LogP contribution in [0.4, 0.5) is 0 Å². The van der Waals surface area contributed by atoms with Gasteiger partial charge in [-0.1, -0.05) is 30.3 Å². The molecule has 1 amide bonds. The van der Waals surface area contributed by atoms with Crippen LogP contribution in [-0.4, -0.2) is 40.7 Å². The van der Waals surface area contributed by atoms with Gasteiger partial charge < -0.3 is 9.72 Å². The third-order valence-electron chi connectivity index (χ3n) is 3.34. The summed E-state index contributed by atoms with van der Waals surface area (Å²) in [5.74, 6) is -0.879. The SMILES string of the molecule is O=C(OCC(=O)N1CCC(c2ccccc2)=N1)c1ccc[nH]1. The Morgan fingerprint density at radius 1 is 1.18 bits per heavy atom. The number of amides is 1. The molecule has 22 heavy (non-hydrogen) atoms. The van der Waals surface area contributed by atoms with Gasteiger partial charge in [0.05, 0.1) is 12.3 Å². The lowest BCUT2D eigenvalue weighted by Crippen LogP contribution is -2.28. The van der Waals surface area contributed by atoms with E-state index >= 15 is 0 Å². The molecule has 1 aliphatic heterocycles. The number of aromatic amines is 1. The summed E-state index contributed by atoms with van der Waals surface area (Å²) in [6.45, 7) is 0.187. The van der Waals surface area contributed by atoms with Gasteiger partial charge in [0, 0.05) is 12.6 Å². The van der Waals surface area contributed by atoms with Gasteiger partial charge in [-0.15, -0.1) is 0 Å². The van der Waals surface area contributed by atoms with E-state index in [2.05, 4.69) is 10.1 Å². The Bertz CT molecular complexity index is 693. The fourth-order valence-corrected chi connectivity index (χ4v) is 2.21. The Morgan fingerprint density at radius 2 is 2.00 bits per heavy atom. The second kappa shape index (κ2) is 6.26. The van der Waals surface area contributed by atoms with Crippen LogP contribution in [0.3, 0.4) is 0 Å². The van der Waals surface area contributed by atoms with Crippen molar-refractivity contribution >= 4 is 17.6 Å². The van der Waals surface area contributed by atoms with Crippen molar-refractivity contribution in [3.05, 3.63) is 59.9 Å². The van der Waals surface area contributed by atoms with Crippen molar-refractivity contribution in [2.24, 2.45) is 5.10 Å². The lowest BCUT2D eigenvalue weighted by Gasteiger charge is -2.11. The van der Waals surface area contributed by atoms with Gasteiger partial charge in [-0.3, -0.25) is 4.79 Å². The third kappa shape index (κ3) is 3.06. The molecule has 0 spiro atoms. The van der Waals surface area contributed by atoms with Crippen molar-refractivity contribution in [3.8, 4) is 0 Å². The molecular formula is C16H15N3O3. The first kappa shape index (κ1) is 14.1. The number of hydrazone groups is 1. The summed E-state index contributed by atoms with van der Waals surface area (Å²) in [4.78, 5) is 26.4. The van der Waals surface area contributed by atoms with Gasteiger partial charge in [-0.25, -0.2) is 9.80 Å². The maximum Gasteiger partial charge on any atom is 0.355 e. The molecule has 2 aromatic rings. The number of H-pyrrole nitrogens is 1. The van der Waals surface area contributed by atoms with Crippen LogP contribution in [0.15, 0.2) is 53.8 Å². The number of esters is 1. The van der Waals surface area contributed by atoms with Crippen LogP contribution in [-0.2, 0) is 9.53 Å². The largest absolute Gasteiger partial charge is 0.451 e. The van der Waals surface area contributed by atoms with E-state index in [4.69, 9.17) is 4.74 Å². The molecule has 1 aliphatic rings. The predicted molar refractivity (Wildman–Crippen MR) is 80.4 cm³/mol. The number of hydrogen-bond donors (Lipinski definition) is 1. The first-order chi connectivity index (χ1) is 10.7. The molecule has 1 N–H and O–H groups in total. The molecule has 0 atom stereocenters. The Morgan fingerprint density at radius 3 is 2.73 bits per heavy atom. The van der Waals surface area contributed by atoms with Gasteiger partial charge in [0.25, 0.3) is 5.91 Å². The minimum absolute atomic E-state index is 0.316. The maximum atomic E-state index is 12.0. The van der Waals surface area contributed by atoms with Gasteiger partial charge in [0.2, 0.25) is 0 Å². The van der Waals surface area contributed by atoms with Crippen LogP contribution in [0.25, 0.3) is 0 Å². The van der Waals surface area contributed by atoms with Crippen LogP contribution in [0.5, 0.6) is 0 Å². The van der Waals surface area contributed by atoms with E-state index in [0.29, 0.717) is 18.7 Å². The van der Waals surface area contributed by atoms with E-state index in [1.807, 2.05) is 30.3 Å². The van der Waals surface area contributed by atoms with E-state index in [-0.39, 0.29) is 12.5 Å². The summed E-state index contributed by atoms with van der Waals surface area (Å²) in [5.41, 5.74) is 2.19. The fourth-order valence-electron chi connectivity index (χ4n) is 2.21. The molecule has 0 bridgehead atoms. The molecule has 6 heteroatoms. The fraction of sp³-hybridized carbons (Fsp3) is 0.188. The summed E-state index contributed by atoms with van der Waals surface area (Å²) < 4.78 is 4.97. The Balaban J connectivity index is 1.57. The summed E-state index contributed by atoms with van der Waals surface area (Å²) in [5, 5.41) is 5.65. The average molecular weight is 297 g/mol. The summed E-state index contributed by atoms with van der Waals surface area (Å²) in [7, 11) is 0. The minimum atomic E-state index is -0.551. The number of carbonyl (C=O) groups is 2. The van der Waals surface area contributed by atoms with Crippen molar-refractivity contribution in [1.82, 2.24) is 9.99 Å². The maximum absolute atomic E-state index is 12.0. The normalized spacial score (nSPS) is 13.8. The molecule has 0 saturated heterocycles. The third-order valence-corrected chi connectivity index (χ3v) is 3.34. The lowest BCUT2D eigenvalue weighted by molar-refractivity contribution is -0.134. The molecular weight excluding hydrogens is 282 g/mol. The zero-order valence-corrected chi connectivity index (χ0v) is 11.9. The first-order valence-electron chi connectivity index (χ1n) is 6.98. The highest BCUT2D eigenvalue weighted by molar-refractivity contribution is 6.02. The minimum Gasteiger partial charge on any atom is -0.451 e. The molecule has 6 nitrogen and oxygen atoms in total. The molecule has 0 radical (unpaired) electrons. The molecule has 0 saturated carbocycles. The van der Waals surface area contributed by atoms with Crippen LogP contribution < -0.4 is 0 Å². The quantitative estimate of drug-likeness (QED) is 0.875. The van der Waals surface area contributed by atoms with Gasteiger partial charge in [-0.2, -0.15) is 5.10 Å². The molecule has 3 rings (SSSR count). The number of carbonyl (C=O) groups excluding carboxylic acids is 2. The molecule has 0 aliphatic carbocycles. The van der Waals surface area contributed by atoms with E-state index < -0.39 is 5.97 Å². The average Bonchev–Trinajstić information content (AvgIpc) is 3.24. The molecule has 112 valence electrons. The van der Waals surface area contributed by atoms with Crippen LogP contribution in [0, 0.1) is 0 Å².